The monoisotopic (exact) mass is 276 g/mol. The van der Waals surface area contributed by atoms with Crippen LogP contribution in [0.5, 0.6) is 0 Å². The highest BCUT2D eigenvalue weighted by molar-refractivity contribution is 5.84. The lowest BCUT2D eigenvalue weighted by Crippen LogP contribution is -2.47. The summed E-state index contributed by atoms with van der Waals surface area (Å²) >= 11 is 0. The van der Waals surface area contributed by atoms with Gasteiger partial charge in [-0.2, -0.15) is 0 Å². The van der Waals surface area contributed by atoms with Gasteiger partial charge in [-0.1, -0.05) is 37.6 Å². The SMILES string of the molecule is CCC[C@@H](N)C(=O)N1Cc2ccccc2C(C(=O)O)C1. The number of carbonyl (C=O) groups is 2. The van der Waals surface area contributed by atoms with Crippen LogP contribution in [0.25, 0.3) is 0 Å². The minimum atomic E-state index is -0.904. The Morgan fingerprint density at radius 2 is 2.15 bits per heavy atom. The van der Waals surface area contributed by atoms with E-state index in [1.165, 1.54) is 0 Å². The Kier molecular flexibility index (Phi) is 4.39. The van der Waals surface area contributed by atoms with Crippen LogP contribution in [-0.2, 0) is 16.1 Å². The van der Waals surface area contributed by atoms with Gasteiger partial charge in [-0.15, -0.1) is 0 Å². The highest BCUT2D eigenvalue weighted by Crippen LogP contribution is 2.28. The first-order chi connectivity index (χ1) is 9.54. The predicted molar refractivity (Wildman–Crippen MR) is 75.1 cm³/mol. The van der Waals surface area contributed by atoms with Gasteiger partial charge >= 0.3 is 5.97 Å². The van der Waals surface area contributed by atoms with Crippen LogP contribution in [-0.4, -0.2) is 34.5 Å². The average molecular weight is 276 g/mol. The zero-order chi connectivity index (χ0) is 14.7. The van der Waals surface area contributed by atoms with E-state index < -0.39 is 17.9 Å². The minimum Gasteiger partial charge on any atom is -0.481 e. The Labute approximate surface area is 118 Å². The number of benzene rings is 1. The molecule has 0 fully saturated rings. The lowest BCUT2D eigenvalue weighted by Gasteiger charge is -2.34. The van der Waals surface area contributed by atoms with Crippen molar-refractivity contribution in [3.63, 3.8) is 0 Å². The Bertz CT molecular complexity index is 516. The number of nitrogens with zero attached hydrogens (tertiary/aromatic N) is 1. The molecular formula is C15H20N2O3. The van der Waals surface area contributed by atoms with Gasteiger partial charge in [0.1, 0.15) is 0 Å². The maximum Gasteiger partial charge on any atom is 0.312 e. The summed E-state index contributed by atoms with van der Waals surface area (Å²) in [4.78, 5) is 25.3. The summed E-state index contributed by atoms with van der Waals surface area (Å²) in [5.41, 5.74) is 7.55. The second-order valence-electron chi connectivity index (χ2n) is 5.20. The second-order valence-corrected chi connectivity index (χ2v) is 5.20. The molecule has 0 saturated carbocycles. The van der Waals surface area contributed by atoms with E-state index in [-0.39, 0.29) is 12.5 Å². The summed E-state index contributed by atoms with van der Waals surface area (Å²) in [7, 11) is 0. The number of amides is 1. The van der Waals surface area contributed by atoms with Gasteiger partial charge in [0.15, 0.2) is 0 Å². The quantitative estimate of drug-likeness (QED) is 0.869. The molecule has 1 aliphatic rings. The number of carboxylic acids is 1. The molecule has 1 aromatic rings. The standard InChI is InChI=1S/C15H20N2O3/c1-2-5-13(16)14(18)17-8-10-6-3-4-7-11(10)12(9-17)15(19)20/h3-4,6-7,12-13H,2,5,8-9,16H2,1H3,(H,19,20)/t12?,13-/m1/s1. The third kappa shape index (κ3) is 2.82. The summed E-state index contributed by atoms with van der Waals surface area (Å²) in [6, 6.07) is 6.84. The number of aliphatic carboxylic acids is 1. The molecule has 5 nitrogen and oxygen atoms in total. The lowest BCUT2D eigenvalue weighted by molar-refractivity contribution is -0.141. The number of fused-ring (bicyclic) bond motifs is 1. The van der Waals surface area contributed by atoms with E-state index in [1.54, 1.807) is 4.90 Å². The number of hydrogen-bond donors (Lipinski definition) is 2. The van der Waals surface area contributed by atoms with Crippen molar-refractivity contribution in [3.8, 4) is 0 Å². The molecule has 0 aromatic heterocycles. The molecule has 0 spiro atoms. The largest absolute Gasteiger partial charge is 0.481 e. The molecule has 1 unspecified atom stereocenters. The van der Waals surface area contributed by atoms with E-state index in [4.69, 9.17) is 5.73 Å². The smallest absolute Gasteiger partial charge is 0.312 e. The van der Waals surface area contributed by atoms with Crippen LogP contribution in [0.1, 0.15) is 36.8 Å². The van der Waals surface area contributed by atoms with E-state index in [0.29, 0.717) is 13.0 Å². The molecule has 108 valence electrons. The van der Waals surface area contributed by atoms with Gasteiger partial charge in [0.25, 0.3) is 0 Å². The fourth-order valence-electron chi connectivity index (χ4n) is 2.66. The Balaban J connectivity index is 2.24. The lowest BCUT2D eigenvalue weighted by atomic mass is 9.89. The van der Waals surface area contributed by atoms with Crippen LogP contribution in [0.4, 0.5) is 0 Å². The van der Waals surface area contributed by atoms with E-state index >= 15 is 0 Å². The van der Waals surface area contributed by atoms with Crippen molar-refractivity contribution in [2.75, 3.05) is 6.54 Å². The first-order valence-electron chi connectivity index (χ1n) is 6.89. The summed E-state index contributed by atoms with van der Waals surface area (Å²) in [5.74, 6) is -1.73. The molecule has 3 N–H and O–H groups in total. The average Bonchev–Trinajstić information content (AvgIpc) is 2.45. The minimum absolute atomic E-state index is 0.160. The van der Waals surface area contributed by atoms with Crippen LogP contribution in [0, 0.1) is 0 Å². The summed E-state index contributed by atoms with van der Waals surface area (Å²) in [5, 5.41) is 9.36. The van der Waals surface area contributed by atoms with E-state index in [9.17, 15) is 14.7 Å². The highest BCUT2D eigenvalue weighted by atomic mass is 16.4. The molecule has 1 aliphatic heterocycles. The Morgan fingerprint density at radius 3 is 2.80 bits per heavy atom. The van der Waals surface area contributed by atoms with Crippen molar-refractivity contribution in [2.45, 2.75) is 38.3 Å². The van der Waals surface area contributed by atoms with Crippen LogP contribution < -0.4 is 5.73 Å². The third-order valence-electron chi connectivity index (χ3n) is 3.72. The molecule has 5 heteroatoms. The molecule has 0 radical (unpaired) electrons. The zero-order valence-corrected chi connectivity index (χ0v) is 11.6. The summed E-state index contributed by atoms with van der Waals surface area (Å²) < 4.78 is 0. The van der Waals surface area contributed by atoms with Gasteiger partial charge in [-0.25, -0.2) is 0 Å². The van der Waals surface area contributed by atoms with Gasteiger partial charge in [-0.05, 0) is 17.5 Å². The van der Waals surface area contributed by atoms with Gasteiger partial charge in [0, 0.05) is 13.1 Å². The number of nitrogens with two attached hydrogens (primary N) is 1. The van der Waals surface area contributed by atoms with Gasteiger partial charge in [0.2, 0.25) is 5.91 Å². The fourth-order valence-corrected chi connectivity index (χ4v) is 2.66. The Morgan fingerprint density at radius 1 is 1.45 bits per heavy atom. The van der Waals surface area contributed by atoms with Crippen LogP contribution in [0.2, 0.25) is 0 Å². The number of hydrogen-bond acceptors (Lipinski definition) is 3. The van der Waals surface area contributed by atoms with Gasteiger partial charge in [0.05, 0.1) is 12.0 Å². The summed E-state index contributed by atoms with van der Waals surface area (Å²) in [6.07, 6.45) is 1.45. The van der Waals surface area contributed by atoms with Crippen molar-refractivity contribution in [3.05, 3.63) is 35.4 Å². The number of carbonyl (C=O) groups excluding carboxylic acids is 1. The molecule has 0 bridgehead atoms. The molecule has 20 heavy (non-hydrogen) atoms. The van der Waals surface area contributed by atoms with E-state index in [0.717, 1.165) is 17.5 Å². The normalized spacial score (nSPS) is 19.3. The maximum atomic E-state index is 12.3. The molecule has 2 atom stereocenters. The first kappa shape index (κ1) is 14.5. The van der Waals surface area contributed by atoms with Crippen molar-refractivity contribution in [1.82, 2.24) is 4.90 Å². The van der Waals surface area contributed by atoms with E-state index in [2.05, 4.69) is 0 Å². The molecule has 1 heterocycles. The summed E-state index contributed by atoms with van der Waals surface area (Å²) in [6.45, 7) is 2.61. The molecule has 0 saturated heterocycles. The molecule has 1 aromatic carbocycles. The molecule has 0 aliphatic carbocycles. The topological polar surface area (TPSA) is 83.6 Å². The van der Waals surface area contributed by atoms with Crippen molar-refractivity contribution in [2.24, 2.45) is 5.73 Å². The molecular weight excluding hydrogens is 256 g/mol. The molecule has 2 rings (SSSR count). The fraction of sp³-hybridized carbons (Fsp3) is 0.467. The van der Waals surface area contributed by atoms with E-state index in [1.807, 2.05) is 31.2 Å². The van der Waals surface area contributed by atoms with Crippen molar-refractivity contribution < 1.29 is 14.7 Å². The third-order valence-corrected chi connectivity index (χ3v) is 3.72. The van der Waals surface area contributed by atoms with Gasteiger partial charge in [-0.3, -0.25) is 9.59 Å². The highest BCUT2D eigenvalue weighted by Gasteiger charge is 2.33. The second kappa shape index (κ2) is 6.05. The van der Waals surface area contributed by atoms with Crippen LogP contribution in [0.3, 0.4) is 0 Å². The van der Waals surface area contributed by atoms with Crippen LogP contribution in [0.15, 0.2) is 24.3 Å². The predicted octanol–water partition coefficient (Wildman–Crippen LogP) is 1.32. The molecule has 1 amide bonds. The number of rotatable bonds is 4. The van der Waals surface area contributed by atoms with Gasteiger partial charge < -0.3 is 15.7 Å². The maximum absolute atomic E-state index is 12.3. The first-order valence-corrected chi connectivity index (χ1v) is 6.89. The zero-order valence-electron chi connectivity index (χ0n) is 11.6. The number of carboxylic acid groups (broad SMARTS) is 1. The van der Waals surface area contributed by atoms with Crippen molar-refractivity contribution in [1.29, 1.82) is 0 Å². The Hall–Kier alpha value is -1.88. The van der Waals surface area contributed by atoms with Crippen LogP contribution >= 0.6 is 0 Å². The van der Waals surface area contributed by atoms with Crippen molar-refractivity contribution >= 4 is 11.9 Å².